The zero-order valence-corrected chi connectivity index (χ0v) is 17.1. The van der Waals surface area contributed by atoms with Gasteiger partial charge in [0.1, 0.15) is 0 Å². The normalized spacial score (nSPS) is 45.9. The second-order valence-corrected chi connectivity index (χ2v) is 10.5. The van der Waals surface area contributed by atoms with Gasteiger partial charge in [-0.1, -0.05) is 43.7 Å². The third kappa shape index (κ3) is 2.10. The predicted octanol–water partition coefficient (Wildman–Crippen LogP) is 5.68. The number of fused-ring (bicyclic) bond motifs is 6. The Morgan fingerprint density at radius 1 is 1.00 bits per heavy atom. The van der Waals surface area contributed by atoms with Crippen molar-refractivity contribution in [2.75, 3.05) is 0 Å². The van der Waals surface area contributed by atoms with E-state index in [2.05, 4.69) is 55.4 Å². The van der Waals surface area contributed by atoms with E-state index in [1.54, 1.807) is 11.1 Å². The summed E-state index contributed by atoms with van der Waals surface area (Å²) in [7, 11) is 0. The maximum atomic E-state index is 10.2. The summed E-state index contributed by atoms with van der Waals surface area (Å²) in [5.41, 5.74) is 7.64. The van der Waals surface area contributed by atoms with Crippen LogP contribution in [-0.2, 0) is 0 Å². The van der Waals surface area contributed by atoms with Gasteiger partial charge in [-0.3, -0.25) is 4.99 Å². The van der Waals surface area contributed by atoms with Gasteiger partial charge in [0.25, 0.3) is 0 Å². The molecule has 0 saturated heterocycles. The molecule has 1 aliphatic heterocycles. The van der Waals surface area contributed by atoms with E-state index in [1.165, 1.54) is 43.3 Å². The van der Waals surface area contributed by atoms with Crippen molar-refractivity contribution in [3.63, 3.8) is 0 Å². The van der Waals surface area contributed by atoms with Crippen molar-refractivity contribution >= 4 is 5.71 Å². The van der Waals surface area contributed by atoms with Crippen LogP contribution in [0.15, 0.2) is 63.9 Å². The molecule has 0 amide bonds. The van der Waals surface area contributed by atoms with Gasteiger partial charge >= 0.3 is 0 Å². The Balaban J connectivity index is 1.32. The van der Waals surface area contributed by atoms with Gasteiger partial charge in [-0.2, -0.15) is 0 Å². The summed E-state index contributed by atoms with van der Waals surface area (Å²) in [5.74, 6) is 2.33. The highest BCUT2D eigenvalue weighted by Gasteiger charge is 2.57. The average molecular weight is 374 g/mol. The van der Waals surface area contributed by atoms with Gasteiger partial charge in [0.2, 0.25) is 0 Å². The Hall–Kier alpha value is -1.67. The van der Waals surface area contributed by atoms with Crippen LogP contribution in [0.3, 0.4) is 0 Å². The van der Waals surface area contributed by atoms with E-state index in [0.717, 1.165) is 36.3 Å². The number of hydrogen-bond acceptors (Lipinski definition) is 2. The number of nitrogens with zero attached hydrogens (tertiary/aromatic N) is 1. The quantitative estimate of drug-likeness (QED) is 0.589. The van der Waals surface area contributed by atoms with Gasteiger partial charge in [0, 0.05) is 17.3 Å². The second kappa shape index (κ2) is 5.69. The van der Waals surface area contributed by atoms with Crippen LogP contribution in [0.2, 0.25) is 0 Å². The molecular formula is C26H31NO. The Labute approximate surface area is 168 Å². The summed E-state index contributed by atoms with van der Waals surface area (Å²) >= 11 is 0. The zero-order chi connectivity index (χ0) is 19.1. The minimum atomic E-state index is -0.110. The fraction of sp³-hybridized carbons (Fsp3) is 0.577. The van der Waals surface area contributed by atoms with E-state index < -0.39 is 0 Å². The molecule has 2 heteroatoms. The maximum absolute atomic E-state index is 10.2. The van der Waals surface area contributed by atoms with Crippen molar-refractivity contribution in [3.05, 3.63) is 58.9 Å². The monoisotopic (exact) mass is 373 g/mol. The Morgan fingerprint density at radius 2 is 1.86 bits per heavy atom. The molecule has 5 aliphatic carbocycles. The molecule has 0 radical (unpaired) electrons. The molecule has 0 aromatic carbocycles. The first-order valence-corrected chi connectivity index (χ1v) is 11.3. The molecule has 146 valence electrons. The van der Waals surface area contributed by atoms with Crippen molar-refractivity contribution < 1.29 is 5.11 Å². The average Bonchev–Trinajstić information content (AvgIpc) is 3.36. The molecule has 6 atom stereocenters. The Morgan fingerprint density at radius 3 is 2.75 bits per heavy atom. The topological polar surface area (TPSA) is 32.6 Å². The first-order valence-electron chi connectivity index (χ1n) is 11.3. The first-order chi connectivity index (χ1) is 13.5. The van der Waals surface area contributed by atoms with Crippen LogP contribution in [0.5, 0.6) is 0 Å². The van der Waals surface area contributed by atoms with Crippen LogP contribution in [-0.4, -0.2) is 16.9 Å². The van der Waals surface area contributed by atoms with Crippen LogP contribution in [0.25, 0.3) is 0 Å². The SMILES string of the molecule is C[C@]12CC[C@H](O)CC1=CCC1C2CC[C@]2(C)C(C3=CN=C4C=CC=C34)=CCC12. The maximum Gasteiger partial charge on any atom is 0.0708 e. The minimum Gasteiger partial charge on any atom is -0.393 e. The summed E-state index contributed by atoms with van der Waals surface area (Å²) in [4.78, 5) is 4.67. The summed E-state index contributed by atoms with van der Waals surface area (Å²) in [5, 5.41) is 10.2. The third-order valence-electron chi connectivity index (χ3n) is 9.36. The predicted molar refractivity (Wildman–Crippen MR) is 114 cm³/mol. The third-order valence-corrected chi connectivity index (χ3v) is 9.36. The molecule has 0 aromatic rings. The van der Waals surface area contributed by atoms with E-state index in [0.29, 0.717) is 5.41 Å². The number of aliphatic imine (C=N–C) groups is 1. The van der Waals surface area contributed by atoms with Gasteiger partial charge in [-0.15, -0.1) is 0 Å². The molecule has 2 fully saturated rings. The van der Waals surface area contributed by atoms with Gasteiger partial charge < -0.3 is 5.11 Å². The van der Waals surface area contributed by atoms with Crippen LogP contribution >= 0.6 is 0 Å². The summed E-state index contributed by atoms with van der Waals surface area (Å²) < 4.78 is 0. The molecule has 2 nitrogen and oxygen atoms in total. The van der Waals surface area contributed by atoms with Crippen molar-refractivity contribution in [1.82, 2.24) is 0 Å². The molecule has 28 heavy (non-hydrogen) atoms. The number of hydrogen-bond donors (Lipinski definition) is 1. The fourth-order valence-corrected chi connectivity index (χ4v) is 7.80. The highest BCUT2D eigenvalue weighted by atomic mass is 16.3. The second-order valence-electron chi connectivity index (χ2n) is 10.5. The molecule has 0 aromatic heterocycles. The summed E-state index contributed by atoms with van der Waals surface area (Å²) in [6.45, 7) is 5.06. The van der Waals surface area contributed by atoms with Gasteiger partial charge in [0.15, 0.2) is 0 Å². The molecule has 0 bridgehead atoms. The van der Waals surface area contributed by atoms with E-state index in [-0.39, 0.29) is 11.5 Å². The highest BCUT2D eigenvalue weighted by molar-refractivity contribution is 6.16. The lowest BCUT2D eigenvalue weighted by atomic mass is 9.47. The minimum absolute atomic E-state index is 0.110. The molecule has 1 N–H and O–H groups in total. The van der Waals surface area contributed by atoms with Crippen molar-refractivity contribution in [2.45, 2.75) is 64.9 Å². The largest absolute Gasteiger partial charge is 0.393 e. The number of aliphatic hydroxyl groups excluding tert-OH is 1. The zero-order valence-electron chi connectivity index (χ0n) is 17.1. The summed E-state index contributed by atoms with van der Waals surface area (Å²) in [6.07, 6.45) is 21.8. The van der Waals surface area contributed by atoms with E-state index in [9.17, 15) is 5.11 Å². The highest BCUT2D eigenvalue weighted by Crippen LogP contribution is 2.66. The molecular weight excluding hydrogens is 342 g/mol. The molecule has 2 saturated carbocycles. The van der Waals surface area contributed by atoms with Crippen molar-refractivity contribution in [2.24, 2.45) is 33.6 Å². The first kappa shape index (κ1) is 17.2. The lowest BCUT2D eigenvalue weighted by Gasteiger charge is -2.57. The number of aliphatic hydroxyl groups is 1. The van der Waals surface area contributed by atoms with Crippen molar-refractivity contribution in [3.8, 4) is 0 Å². The van der Waals surface area contributed by atoms with Crippen LogP contribution < -0.4 is 0 Å². The van der Waals surface area contributed by atoms with E-state index in [1.807, 2.05) is 0 Å². The van der Waals surface area contributed by atoms with Crippen LogP contribution in [0, 0.1) is 28.6 Å². The van der Waals surface area contributed by atoms with E-state index in [4.69, 9.17) is 0 Å². The molecule has 3 unspecified atom stereocenters. The number of rotatable bonds is 1. The van der Waals surface area contributed by atoms with Crippen LogP contribution in [0.4, 0.5) is 0 Å². The molecule has 1 heterocycles. The van der Waals surface area contributed by atoms with Gasteiger partial charge in [-0.25, -0.2) is 0 Å². The van der Waals surface area contributed by atoms with Gasteiger partial charge in [-0.05, 0) is 85.2 Å². The summed E-state index contributed by atoms with van der Waals surface area (Å²) in [6, 6.07) is 0. The molecule has 0 spiro atoms. The standard InChI is InChI=1S/C26H31NO/c1-25-12-10-17(28)14-16(25)6-7-19-21-8-9-22(26(21,2)13-11-23(19)25)20-15-27-24-5-3-4-18(20)24/h3-6,9,15,17,19,21,23,28H,7-8,10-14H2,1-2H3/t17-,19?,21?,23?,25-,26-/m0/s1. The Kier molecular flexibility index (Phi) is 3.50. The fourth-order valence-electron chi connectivity index (χ4n) is 7.80. The lowest BCUT2D eigenvalue weighted by Crippen LogP contribution is -2.50. The number of allylic oxidation sites excluding steroid dienone is 8. The smallest absolute Gasteiger partial charge is 0.0708 e. The van der Waals surface area contributed by atoms with Crippen LogP contribution in [0.1, 0.15) is 58.8 Å². The lowest BCUT2D eigenvalue weighted by molar-refractivity contribution is -0.0287. The molecule has 6 aliphatic rings. The van der Waals surface area contributed by atoms with Gasteiger partial charge in [0.05, 0.1) is 11.8 Å². The van der Waals surface area contributed by atoms with E-state index >= 15 is 0 Å². The molecule has 6 rings (SSSR count). The Bertz CT molecular complexity index is 928. The van der Waals surface area contributed by atoms with Crippen molar-refractivity contribution in [1.29, 1.82) is 0 Å².